The van der Waals surface area contributed by atoms with Crippen molar-refractivity contribution in [3.63, 3.8) is 0 Å². The molecule has 1 aromatic carbocycles. The van der Waals surface area contributed by atoms with Gasteiger partial charge in [-0.25, -0.2) is 13.2 Å². The third-order valence-corrected chi connectivity index (χ3v) is 7.30. The van der Waals surface area contributed by atoms with Crippen molar-refractivity contribution in [3.8, 4) is 0 Å². The van der Waals surface area contributed by atoms with E-state index < -0.39 is 9.84 Å². The number of thiophene rings is 1. The second-order valence-electron chi connectivity index (χ2n) is 6.15. The molecule has 1 unspecified atom stereocenters. The molecular weight excluding hydrogens is 380 g/mol. The van der Waals surface area contributed by atoms with Gasteiger partial charge in [0.25, 0.3) is 0 Å². The summed E-state index contributed by atoms with van der Waals surface area (Å²) < 4.78 is 23.7. The molecule has 0 radical (unpaired) electrons. The minimum absolute atomic E-state index is 0.0193. The Hall–Kier alpha value is -1.57. The van der Waals surface area contributed by atoms with E-state index in [0.717, 1.165) is 10.4 Å². The summed E-state index contributed by atoms with van der Waals surface area (Å²) >= 11 is 7.44. The minimum atomic E-state index is -3.08. The number of anilines is 1. The molecule has 1 atom stereocenters. The standard InChI is InChI=1S/C17H19ClN2O3S2/c1-12-6-8-24-16(12)10-20(15-7-9-25(22,23)11-15)17(21)19-14-4-2-13(18)3-5-14/h2-6,8,15H,7,9-11H2,1H3,(H,19,21). The zero-order chi connectivity index (χ0) is 18.0. The highest BCUT2D eigenvalue weighted by molar-refractivity contribution is 7.91. The number of halogens is 1. The van der Waals surface area contributed by atoms with Gasteiger partial charge in [-0.05, 0) is 54.6 Å². The van der Waals surface area contributed by atoms with Crippen molar-refractivity contribution in [2.75, 3.05) is 16.8 Å². The van der Waals surface area contributed by atoms with Crippen LogP contribution in [0.15, 0.2) is 35.7 Å². The molecule has 1 fully saturated rings. The molecule has 0 spiro atoms. The lowest BCUT2D eigenvalue weighted by Gasteiger charge is -2.28. The second kappa shape index (κ2) is 7.35. The third kappa shape index (κ3) is 4.54. The Kier molecular flexibility index (Phi) is 5.36. The molecular formula is C17H19ClN2O3S2. The zero-order valence-electron chi connectivity index (χ0n) is 13.7. The first kappa shape index (κ1) is 18.2. The van der Waals surface area contributed by atoms with Gasteiger partial charge in [-0.1, -0.05) is 11.6 Å². The topological polar surface area (TPSA) is 66.5 Å². The summed E-state index contributed by atoms with van der Waals surface area (Å²) in [6.45, 7) is 2.40. The number of nitrogens with zero attached hydrogens (tertiary/aromatic N) is 1. The van der Waals surface area contributed by atoms with Crippen LogP contribution in [0.3, 0.4) is 0 Å². The normalized spacial score (nSPS) is 18.9. The number of aryl methyl sites for hydroxylation is 1. The van der Waals surface area contributed by atoms with Gasteiger partial charge in [-0.15, -0.1) is 11.3 Å². The van der Waals surface area contributed by atoms with Gasteiger partial charge in [0.2, 0.25) is 0 Å². The number of carbonyl (C=O) groups excluding carboxylic acids is 1. The van der Waals surface area contributed by atoms with Crippen molar-refractivity contribution >= 4 is 44.5 Å². The Morgan fingerprint density at radius 3 is 2.60 bits per heavy atom. The maximum Gasteiger partial charge on any atom is 0.322 e. The van der Waals surface area contributed by atoms with Gasteiger partial charge >= 0.3 is 6.03 Å². The molecule has 134 valence electrons. The quantitative estimate of drug-likeness (QED) is 0.848. The van der Waals surface area contributed by atoms with E-state index in [-0.39, 0.29) is 23.6 Å². The lowest BCUT2D eigenvalue weighted by molar-refractivity contribution is 0.191. The van der Waals surface area contributed by atoms with Crippen LogP contribution in [0.25, 0.3) is 0 Å². The molecule has 0 saturated carbocycles. The van der Waals surface area contributed by atoms with Crippen LogP contribution in [0.5, 0.6) is 0 Å². The van der Waals surface area contributed by atoms with Crippen LogP contribution in [0, 0.1) is 6.92 Å². The zero-order valence-corrected chi connectivity index (χ0v) is 16.1. The van der Waals surface area contributed by atoms with Gasteiger partial charge in [0, 0.05) is 21.6 Å². The number of carbonyl (C=O) groups is 1. The van der Waals surface area contributed by atoms with E-state index in [4.69, 9.17) is 11.6 Å². The van der Waals surface area contributed by atoms with E-state index in [0.29, 0.717) is 23.7 Å². The highest BCUT2D eigenvalue weighted by atomic mass is 35.5. The molecule has 0 bridgehead atoms. The number of hydrogen-bond donors (Lipinski definition) is 1. The number of rotatable bonds is 4. The summed E-state index contributed by atoms with van der Waals surface area (Å²) in [6.07, 6.45) is 0.473. The molecule has 8 heteroatoms. The van der Waals surface area contributed by atoms with Gasteiger partial charge < -0.3 is 10.2 Å². The van der Waals surface area contributed by atoms with Crippen molar-refractivity contribution in [2.24, 2.45) is 0 Å². The molecule has 1 aromatic heterocycles. The van der Waals surface area contributed by atoms with Crippen molar-refractivity contribution in [1.82, 2.24) is 4.90 Å². The average Bonchev–Trinajstić information content (AvgIpc) is 3.12. The lowest BCUT2D eigenvalue weighted by atomic mass is 10.2. The molecule has 2 heterocycles. The Balaban J connectivity index is 1.81. The van der Waals surface area contributed by atoms with Crippen LogP contribution >= 0.6 is 22.9 Å². The maximum atomic E-state index is 12.8. The predicted molar refractivity (Wildman–Crippen MR) is 102 cm³/mol. The summed E-state index contributed by atoms with van der Waals surface area (Å²) in [5, 5.41) is 5.41. The summed E-state index contributed by atoms with van der Waals surface area (Å²) in [4.78, 5) is 15.5. The number of sulfone groups is 1. The molecule has 1 N–H and O–H groups in total. The summed E-state index contributed by atoms with van der Waals surface area (Å²) in [5.41, 5.74) is 1.73. The first-order chi connectivity index (χ1) is 11.8. The van der Waals surface area contributed by atoms with Crippen LogP contribution < -0.4 is 5.32 Å². The fourth-order valence-corrected chi connectivity index (χ4v) is 5.60. The van der Waals surface area contributed by atoms with Crippen molar-refractivity contribution < 1.29 is 13.2 Å². The van der Waals surface area contributed by atoms with Crippen molar-refractivity contribution in [3.05, 3.63) is 51.2 Å². The summed E-state index contributed by atoms with van der Waals surface area (Å²) in [7, 11) is -3.08. The molecule has 1 saturated heterocycles. The van der Waals surface area contributed by atoms with E-state index in [1.807, 2.05) is 18.4 Å². The van der Waals surface area contributed by atoms with E-state index in [1.54, 1.807) is 40.5 Å². The molecule has 0 aliphatic carbocycles. The van der Waals surface area contributed by atoms with E-state index >= 15 is 0 Å². The Bertz CT molecular complexity index is 862. The highest BCUT2D eigenvalue weighted by Gasteiger charge is 2.35. The molecule has 2 aromatic rings. The molecule has 1 aliphatic heterocycles. The van der Waals surface area contributed by atoms with Crippen molar-refractivity contribution in [2.45, 2.75) is 25.9 Å². The van der Waals surface area contributed by atoms with Gasteiger partial charge in [0.15, 0.2) is 9.84 Å². The molecule has 25 heavy (non-hydrogen) atoms. The lowest BCUT2D eigenvalue weighted by Crippen LogP contribution is -2.43. The van der Waals surface area contributed by atoms with Crippen LogP contribution in [-0.4, -0.2) is 36.9 Å². The second-order valence-corrected chi connectivity index (χ2v) is 9.81. The van der Waals surface area contributed by atoms with Crippen LogP contribution in [-0.2, 0) is 16.4 Å². The van der Waals surface area contributed by atoms with Gasteiger partial charge in [0.1, 0.15) is 0 Å². The Labute approximate surface area is 156 Å². The Morgan fingerprint density at radius 2 is 2.04 bits per heavy atom. The van der Waals surface area contributed by atoms with E-state index in [1.165, 1.54) is 0 Å². The molecule has 3 rings (SSSR count). The molecule has 5 nitrogen and oxygen atoms in total. The Morgan fingerprint density at radius 1 is 1.32 bits per heavy atom. The fraction of sp³-hybridized carbons (Fsp3) is 0.353. The van der Waals surface area contributed by atoms with Crippen LogP contribution in [0.2, 0.25) is 5.02 Å². The van der Waals surface area contributed by atoms with Gasteiger partial charge in [-0.3, -0.25) is 0 Å². The number of benzene rings is 1. The third-order valence-electron chi connectivity index (χ3n) is 4.29. The van der Waals surface area contributed by atoms with E-state index in [9.17, 15) is 13.2 Å². The SMILES string of the molecule is Cc1ccsc1CN(C(=O)Nc1ccc(Cl)cc1)C1CCS(=O)(=O)C1. The van der Waals surface area contributed by atoms with Gasteiger partial charge in [-0.2, -0.15) is 0 Å². The highest BCUT2D eigenvalue weighted by Crippen LogP contribution is 2.25. The van der Waals surface area contributed by atoms with Crippen LogP contribution in [0.4, 0.5) is 10.5 Å². The number of hydrogen-bond acceptors (Lipinski definition) is 4. The smallest absolute Gasteiger partial charge is 0.315 e. The predicted octanol–water partition coefficient (Wildman–Crippen LogP) is 3.93. The first-order valence-corrected chi connectivity index (χ1v) is 11.0. The molecule has 2 amide bonds. The monoisotopic (exact) mass is 398 g/mol. The minimum Gasteiger partial charge on any atom is -0.315 e. The average molecular weight is 399 g/mol. The number of nitrogens with one attached hydrogen (secondary N) is 1. The summed E-state index contributed by atoms with van der Waals surface area (Å²) in [5.74, 6) is 0.150. The summed E-state index contributed by atoms with van der Waals surface area (Å²) in [6, 6.07) is 8.24. The fourth-order valence-electron chi connectivity index (χ4n) is 2.84. The number of urea groups is 1. The molecule has 1 aliphatic rings. The maximum absolute atomic E-state index is 12.8. The number of amides is 2. The van der Waals surface area contributed by atoms with Gasteiger partial charge in [0.05, 0.1) is 18.1 Å². The first-order valence-electron chi connectivity index (χ1n) is 7.91. The largest absolute Gasteiger partial charge is 0.322 e. The van der Waals surface area contributed by atoms with E-state index in [2.05, 4.69) is 5.32 Å². The van der Waals surface area contributed by atoms with Crippen LogP contribution in [0.1, 0.15) is 16.9 Å². The van der Waals surface area contributed by atoms with Crippen molar-refractivity contribution in [1.29, 1.82) is 0 Å².